The topological polar surface area (TPSA) is 86.0 Å². The minimum absolute atomic E-state index is 0.00115. The molecule has 1 fully saturated rings. The van der Waals surface area contributed by atoms with E-state index in [-0.39, 0.29) is 6.54 Å². The summed E-state index contributed by atoms with van der Waals surface area (Å²) >= 11 is 0. The van der Waals surface area contributed by atoms with Crippen LogP contribution in [0.5, 0.6) is 5.75 Å². The van der Waals surface area contributed by atoms with Crippen LogP contribution in [0.1, 0.15) is 11.1 Å². The summed E-state index contributed by atoms with van der Waals surface area (Å²) in [5.74, 6) is -2.37. The van der Waals surface area contributed by atoms with Gasteiger partial charge in [0.15, 0.2) is 17.4 Å². The summed E-state index contributed by atoms with van der Waals surface area (Å²) in [6.07, 6.45) is 0.531. The fourth-order valence-corrected chi connectivity index (χ4v) is 3.02. The van der Waals surface area contributed by atoms with Gasteiger partial charge in [0.1, 0.15) is 0 Å². The van der Waals surface area contributed by atoms with E-state index >= 15 is 0 Å². The number of carboxylic acid groups (broad SMARTS) is 1. The van der Waals surface area contributed by atoms with Crippen LogP contribution in [-0.2, 0) is 13.1 Å². The van der Waals surface area contributed by atoms with Crippen LogP contribution in [-0.4, -0.2) is 56.9 Å². The Labute approximate surface area is 153 Å². The Bertz CT molecular complexity index is 908. The number of hydrogen-bond acceptors (Lipinski definition) is 4. The first kappa shape index (κ1) is 18.8. The molecular weight excluding hydrogens is 360 g/mol. The number of amides is 1. The van der Waals surface area contributed by atoms with Crippen LogP contribution in [0.3, 0.4) is 0 Å². The number of pyridine rings is 1. The summed E-state index contributed by atoms with van der Waals surface area (Å²) in [7, 11) is 0. The minimum atomic E-state index is -0.998. The van der Waals surface area contributed by atoms with Crippen LogP contribution in [0.25, 0.3) is 0 Å². The molecule has 1 saturated heterocycles. The summed E-state index contributed by atoms with van der Waals surface area (Å²) in [6.45, 7) is 2.06. The lowest BCUT2D eigenvalue weighted by Gasteiger charge is -2.33. The van der Waals surface area contributed by atoms with Crippen LogP contribution in [0.4, 0.5) is 13.6 Å². The van der Waals surface area contributed by atoms with Crippen molar-refractivity contribution in [1.29, 1.82) is 0 Å². The van der Waals surface area contributed by atoms with Crippen molar-refractivity contribution in [2.24, 2.45) is 0 Å². The first-order valence-electron chi connectivity index (χ1n) is 8.40. The van der Waals surface area contributed by atoms with E-state index in [0.717, 1.165) is 12.1 Å². The Kier molecular flexibility index (Phi) is 5.41. The largest absolute Gasteiger partial charge is 0.503 e. The number of rotatable bonds is 4. The molecule has 1 aromatic carbocycles. The van der Waals surface area contributed by atoms with Crippen molar-refractivity contribution < 1.29 is 23.8 Å². The van der Waals surface area contributed by atoms with Crippen LogP contribution < -0.4 is 5.56 Å². The van der Waals surface area contributed by atoms with Gasteiger partial charge in [-0.25, -0.2) is 13.6 Å². The zero-order valence-electron chi connectivity index (χ0n) is 14.4. The summed E-state index contributed by atoms with van der Waals surface area (Å²) in [5.41, 5.74) is 0.208. The summed E-state index contributed by atoms with van der Waals surface area (Å²) in [4.78, 5) is 26.6. The molecule has 1 aromatic heterocycles. The molecule has 2 aromatic rings. The van der Waals surface area contributed by atoms with Crippen molar-refractivity contribution in [1.82, 2.24) is 14.4 Å². The van der Waals surface area contributed by atoms with Gasteiger partial charge in [0.05, 0.1) is 6.54 Å². The fraction of sp³-hybridized carbons (Fsp3) is 0.333. The number of nitrogens with zero attached hydrogens (tertiary/aromatic N) is 3. The van der Waals surface area contributed by atoms with Gasteiger partial charge in [0.25, 0.3) is 5.56 Å². The first-order chi connectivity index (χ1) is 12.8. The lowest BCUT2D eigenvalue weighted by atomic mass is 10.2. The van der Waals surface area contributed by atoms with Crippen molar-refractivity contribution in [3.8, 4) is 5.75 Å². The van der Waals surface area contributed by atoms with E-state index in [1.165, 1.54) is 21.7 Å². The highest BCUT2D eigenvalue weighted by atomic mass is 19.2. The summed E-state index contributed by atoms with van der Waals surface area (Å²) < 4.78 is 27.5. The van der Waals surface area contributed by atoms with Gasteiger partial charge in [-0.2, -0.15) is 0 Å². The predicted molar refractivity (Wildman–Crippen MR) is 92.7 cm³/mol. The first-order valence-corrected chi connectivity index (χ1v) is 8.40. The predicted octanol–water partition coefficient (Wildman–Crippen LogP) is 1.68. The minimum Gasteiger partial charge on any atom is -0.503 e. The second-order valence-corrected chi connectivity index (χ2v) is 6.42. The molecule has 0 radical (unpaired) electrons. The summed E-state index contributed by atoms with van der Waals surface area (Å²) in [6, 6.07) is 4.97. The molecule has 0 saturated carbocycles. The van der Waals surface area contributed by atoms with E-state index in [1.54, 1.807) is 6.07 Å². The highest BCUT2D eigenvalue weighted by molar-refractivity contribution is 5.65. The third kappa shape index (κ3) is 4.25. The molecule has 1 aliphatic heterocycles. The average molecular weight is 379 g/mol. The number of halogens is 2. The van der Waals surface area contributed by atoms with Crippen molar-refractivity contribution >= 4 is 6.09 Å². The molecule has 1 aliphatic rings. The number of benzene rings is 1. The van der Waals surface area contributed by atoms with E-state index in [0.29, 0.717) is 43.9 Å². The molecule has 0 spiro atoms. The monoisotopic (exact) mass is 379 g/mol. The maximum atomic E-state index is 13.3. The van der Waals surface area contributed by atoms with E-state index < -0.39 is 29.0 Å². The molecule has 27 heavy (non-hydrogen) atoms. The van der Waals surface area contributed by atoms with Gasteiger partial charge in [-0.05, 0) is 23.8 Å². The zero-order chi connectivity index (χ0) is 19.6. The quantitative estimate of drug-likeness (QED) is 0.844. The maximum Gasteiger partial charge on any atom is 0.407 e. The van der Waals surface area contributed by atoms with E-state index in [9.17, 15) is 23.5 Å². The van der Waals surface area contributed by atoms with Crippen LogP contribution in [0, 0.1) is 11.6 Å². The normalized spacial score (nSPS) is 15.1. The molecule has 0 atom stereocenters. The zero-order valence-corrected chi connectivity index (χ0v) is 14.4. The molecule has 0 bridgehead atoms. The molecule has 144 valence electrons. The SMILES string of the molecule is O=C(O)N1CCN(Cc2ccn(Cc3ccc(F)c(F)c3)c(=O)c2O)CC1. The number of hydrogen-bond donors (Lipinski definition) is 2. The third-order valence-electron chi connectivity index (χ3n) is 4.60. The highest BCUT2D eigenvalue weighted by Crippen LogP contribution is 2.16. The van der Waals surface area contributed by atoms with Gasteiger partial charge in [-0.15, -0.1) is 0 Å². The van der Waals surface area contributed by atoms with Gasteiger partial charge < -0.3 is 19.7 Å². The molecule has 2 N–H and O–H groups in total. The molecule has 9 heteroatoms. The molecule has 3 rings (SSSR count). The van der Waals surface area contributed by atoms with E-state index in [1.807, 2.05) is 4.90 Å². The lowest BCUT2D eigenvalue weighted by molar-refractivity contribution is 0.102. The van der Waals surface area contributed by atoms with Crippen molar-refractivity contribution in [3.63, 3.8) is 0 Å². The van der Waals surface area contributed by atoms with Gasteiger partial charge in [-0.3, -0.25) is 9.69 Å². The van der Waals surface area contributed by atoms with E-state index in [4.69, 9.17) is 5.11 Å². The second-order valence-electron chi connectivity index (χ2n) is 6.42. The Morgan fingerprint density at radius 1 is 1.04 bits per heavy atom. The smallest absolute Gasteiger partial charge is 0.407 e. The van der Waals surface area contributed by atoms with Crippen molar-refractivity contribution in [2.75, 3.05) is 26.2 Å². The summed E-state index contributed by atoms with van der Waals surface area (Å²) in [5, 5.41) is 19.2. The van der Waals surface area contributed by atoms with Crippen LogP contribution >= 0.6 is 0 Å². The van der Waals surface area contributed by atoms with Gasteiger partial charge >= 0.3 is 6.09 Å². The Morgan fingerprint density at radius 3 is 2.37 bits per heavy atom. The standard InChI is InChI=1S/C18H19F2N3O4/c19-14-2-1-12(9-15(14)20)10-23-4-3-13(16(24)17(23)25)11-21-5-7-22(8-6-21)18(26)27/h1-4,9,24H,5-8,10-11H2,(H,26,27). The highest BCUT2D eigenvalue weighted by Gasteiger charge is 2.21. The molecular formula is C18H19F2N3O4. The third-order valence-corrected chi connectivity index (χ3v) is 4.60. The molecule has 7 nitrogen and oxygen atoms in total. The number of aromatic hydroxyl groups is 1. The van der Waals surface area contributed by atoms with Gasteiger partial charge in [0, 0.05) is 44.5 Å². The van der Waals surface area contributed by atoms with Gasteiger partial charge in [0.2, 0.25) is 0 Å². The second kappa shape index (κ2) is 7.75. The van der Waals surface area contributed by atoms with Gasteiger partial charge in [-0.1, -0.05) is 6.07 Å². The van der Waals surface area contributed by atoms with E-state index in [2.05, 4.69) is 0 Å². The lowest BCUT2D eigenvalue weighted by Crippen LogP contribution is -2.47. The number of aromatic nitrogens is 1. The molecule has 1 amide bonds. The number of carbonyl (C=O) groups is 1. The fourth-order valence-electron chi connectivity index (χ4n) is 3.02. The molecule has 0 aliphatic carbocycles. The Morgan fingerprint density at radius 2 is 1.74 bits per heavy atom. The molecule has 0 unspecified atom stereocenters. The molecule has 2 heterocycles. The van der Waals surface area contributed by atoms with Crippen LogP contribution in [0.15, 0.2) is 35.3 Å². The maximum absolute atomic E-state index is 13.3. The van der Waals surface area contributed by atoms with Crippen LogP contribution in [0.2, 0.25) is 0 Å². The van der Waals surface area contributed by atoms with Crippen molar-refractivity contribution in [2.45, 2.75) is 13.1 Å². The average Bonchev–Trinajstić information content (AvgIpc) is 2.65. The van der Waals surface area contributed by atoms with Crippen molar-refractivity contribution in [3.05, 3.63) is 63.6 Å². The Hall–Kier alpha value is -2.94. The Balaban J connectivity index is 1.71. The number of piperazine rings is 1.